The predicted molar refractivity (Wildman–Crippen MR) is 71.3 cm³/mol. The average Bonchev–Trinajstić information content (AvgIpc) is 2.28. The molecule has 18 heavy (non-hydrogen) atoms. The molecule has 0 aliphatic heterocycles. The van der Waals surface area contributed by atoms with E-state index in [0.29, 0.717) is 0 Å². The van der Waals surface area contributed by atoms with Gasteiger partial charge in [0.2, 0.25) is 5.82 Å². The third-order valence-corrected chi connectivity index (χ3v) is 3.69. The van der Waals surface area contributed by atoms with Crippen LogP contribution in [0.3, 0.4) is 0 Å². The molecule has 0 fully saturated rings. The van der Waals surface area contributed by atoms with Gasteiger partial charge in [-0.3, -0.25) is 10.1 Å². The highest BCUT2D eigenvalue weighted by Crippen LogP contribution is 2.36. The topological polar surface area (TPSA) is 43.1 Å². The minimum Gasteiger partial charge on any atom is -0.258 e. The number of nitro groups is 1. The molecule has 0 bridgehead atoms. The molecule has 0 atom stereocenters. The summed E-state index contributed by atoms with van der Waals surface area (Å²) in [5.41, 5.74) is -0.484. The molecular formula is C12H7BrFNO2S. The Morgan fingerprint density at radius 1 is 1.22 bits per heavy atom. The smallest absolute Gasteiger partial charge is 0.258 e. The number of benzene rings is 2. The van der Waals surface area contributed by atoms with E-state index in [1.165, 1.54) is 12.1 Å². The molecular weight excluding hydrogens is 321 g/mol. The van der Waals surface area contributed by atoms with Crippen molar-refractivity contribution in [3.05, 3.63) is 62.9 Å². The maximum absolute atomic E-state index is 13.4. The lowest BCUT2D eigenvalue weighted by atomic mass is 10.3. The molecule has 92 valence electrons. The highest BCUT2D eigenvalue weighted by molar-refractivity contribution is 9.10. The van der Waals surface area contributed by atoms with Crippen molar-refractivity contribution in [2.24, 2.45) is 0 Å². The van der Waals surface area contributed by atoms with Crippen LogP contribution in [0.2, 0.25) is 0 Å². The first-order chi connectivity index (χ1) is 8.58. The molecule has 0 N–H and O–H groups in total. The van der Waals surface area contributed by atoms with Crippen molar-refractivity contribution in [1.82, 2.24) is 0 Å². The van der Waals surface area contributed by atoms with Gasteiger partial charge in [0.25, 0.3) is 0 Å². The SMILES string of the molecule is O=[N+]([O-])c1c(F)cccc1Sc1cccc(Br)c1. The standard InChI is InChI=1S/C12H7BrFNO2S/c13-8-3-1-4-9(7-8)18-11-6-2-5-10(14)12(11)15(16)17/h1-7H. The molecule has 0 aromatic heterocycles. The van der Waals surface area contributed by atoms with Gasteiger partial charge in [-0.05, 0) is 30.3 Å². The fourth-order valence-corrected chi connectivity index (χ4v) is 2.97. The lowest BCUT2D eigenvalue weighted by Crippen LogP contribution is -1.94. The van der Waals surface area contributed by atoms with E-state index in [4.69, 9.17) is 0 Å². The molecule has 0 spiro atoms. The largest absolute Gasteiger partial charge is 0.318 e. The van der Waals surface area contributed by atoms with E-state index >= 15 is 0 Å². The van der Waals surface area contributed by atoms with Gasteiger partial charge in [-0.25, -0.2) is 0 Å². The van der Waals surface area contributed by atoms with Gasteiger partial charge in [0.15, 0.2) is 0 Å². The van der Waals surface area contributed by atoms with Gasteiger partial charge in [-0.2, -0.15) is 4.39 Å². The van der Waals surface area contributed by atoms with Crippen LogP contribution >= 0.6 is 27.7 Å². The second kappa shape index (κ2) is 5.49. The summed E-state index contributed by atoms with van der Waals surface area (Å²) in [6, 6.07) is 11.4. The van der Waals surface area contributed by atoms with Crippen molar-refractivity contribution in [3.8, 4) is 0 Å². The van der Waals surface area contributed by atoms with Crippen LogP contribution in [-0.2, 0) is 0 Å². The Labute approximate surface area is 115 Å². The summed E-state index contributed by atoms with van der Waals surface area (Å²) in [5.74, 6) is -0.819. The lowest BCUT2D eigenvalue weighted by molar-refractivity contribution is -0.390. The van der Waals surface area contributed by atoms with Crippen molar-refractivity contribution >= 4 is 33.4 Å². The van der Waals surface area contributed by atoms with Crippen molar-refractivity contribution in [1.29, 1.82) is 0 Å². The molecule has 0 aliphatic carbocycles. The number of rotatable bonds is 3. The fraction of sp³-hybridized carbons (Fsp3) is 0. The van der Waals surface area contributed by atoms with E-state index in [2.05, 4.69) is 15.9 Å². The monoisotopic (exact) mass is 327 g/mol. The molecule has 0 heterocycles. The number of nitrogens with zero attached hydrogens (tertiary/aromatic N) is 1. The zero-order valence-electron chi connectivity index (χ0n) is 8.97. The van der Waals surface area contributed by atoms with Crippen LogP contribution in [0, 0.1) is 15.9 Å². The summed E-state index contributed by atoms with van der Waals surface area (Å²) in [5, 5.41) is 10.8. The Kier molecular flexibility index (Phi) is 3.98. The highest BCUT2D eigenvalue weighted by atomic mass is 79.9. The molecule has 2 aromatic rings. The number of hydrogen-bond donors (Lipinski definition) is 0. The summed E-state index contributed by atoms with van der Waals surface area (Å²) < 4.78 is 14.3. The van der Waals surface area contributed by atoms with Gasteiger partial charge in [0.05, 0.1) is 9.82 Å². The van der Waals surface area contributed by atoms with Gasteiger partial charge in [0.1, 0.15) is 0 Å². The predicted octanol–water partition coefficient (Wildman–Crippen LogP) is 4.65. The molecule has 3 nitrogen and oxygen atoms in total. The second-order valence-corrected chi connectivity index (χ2v) is 5.43. The number of para-hydroxylation sites is 1. The minimum absolute atomic E-state index is 0.290. The minimum atomic E-state index is -0.819. The normalized spacial score (nSPS) is 10.3. The Hall–Kier alpha value is -1.40. The maximum Gasteiger partial charge on any atom is 0.318 e. The molecule has 0 unspecified atom stereocenters. The van der Waals surface area contributed by atoms with Crippen molar-refractivity contribution in [2.45, 2.75) is 9.79 Å². The van der Waals surface area contributed by atoms with Gasteiger partial charge >= 0.3 is 5.69 Å². The zero-order chi connectivity index (χ0) is 13.1. The molecule has 2 rings (SSSR count). The van der Waals surface area contributed by atoms with Crippen LogP contribution in [0.5, 0.6) is 0 Å². The Morgan fingerprint density at radius 3 is 2.61 bits per heavy atom. The first kappa shape index (κ1) is 13.0. The van der Waals surface area contributed by atoms with E-state index in [1.807, 2.05) is 24.3 Å². The van der Waals surface area contributed by atoms with Crippen LogP contribution in [-0.4, -0.2) is 4.92 Å². The summed E-state index contributed by atoms with van der Waals surface area (Å²) in [6.07, 6.45) is 0. The summed E-state index contributed by atoms with van der Waals surface area (Å²) in [6.45, 7) is 0. The van der Waals surface area contributed by atoms with E-state index < -0.39 is 16.4 Å². The van der Waals surface area contributed by atoms with E-state index in [-0.39, 0.29) is 4.90 Å². The highest BCUT2D eigenvalue weighted by Gasteiger charge is 2.20. The first-order valence-electron chi connectivity index (χ1n) is 4.94. The Bertz CT molecular complexity index is 606. The quantitative estimate of drug-likeness (QED) is 0.608. The fourth-order valence-electron chi connectivity index (χ4n) is 1.41. The summed E-state index contributed by atoms with van der Waals surface area (Å²) in [4.78, 5) is 11.2. The van der Waals surface area contributed by atoms with Crippen LogP contribution in [0.4, 0.5) is 10.1 Å². The maximum atomic E-state index is 13.4. The molecule has 2 aromatic carbocycles. The number of halogens is 2. The van der Waals surface area contributed by atoms with Crippen LogP contribution in [0.1, 0.15) is 0 Å². The molecule has 0 saturated heterocycles. The second-order valence-electron chi connectivity index (χ2n) is 3.40. The average molecular weight is 328 g/mol. The zero-order valence-corrected chi connectivity index (χ0v) is 11.4. The van der Waals surface area contributed by atoms with Crippen LogP contribution in [0.25, 0.3) is 0 Å². The van der Waals surface area contributed by atoms with Crippen LogP contribution in [0.15, 0.2) is 56.7 Å². The lowest BCUT2D eigenvalue weighted by Gasteiger charge is -2.03. The van der Waals surface area contributed by atoms with E-state index in [9.17, 15) is 14.5 Å². The molecule has 0 saturated carbocycles. The third kappa shape index (κ3) is 2.88. The number of nitro benzene ring substituents is 1. The molecule has 0 aliphatic rings. The Balaban J connectivity index is 2.40. The molecule has 0 radical (unpaired) electrons. The van der Waals surface area contributed by atoms with Gasteiger partial charge in [-0.1, -0.05) is 39.8 Å². The van der Waals surface area contributed by atoms with Crippen molar-refractivity contribution in [3.63, 3.8) is 0 Å². The molecule has 6 heteroatoms. The third-order valence-electron chi connectivity index (χ3n) is 2.16. The van der Waals surface area contributed by atoms with Crippen LogP contribution < -0.4 is 0 Å². The van der Waals surface area contributed by atoms with Gasteiger partial charge in [-0.15, -0.1) is 0 Å². The van der Waals surface area contributed by atoms with E-state index in [1.54, 1.807) is 0 Å². The van der Waals surface area contributed by atoms with Gasteiger partial charge in [0, 0.05) is 9.37 Å². The van der Waals surface area contributed by atoms with Crippen molar-refractivity contribution in [2.75, 3.05) is 0 Å². The Morgan fingerprint density at radius 2 is 1.94 bits per heavy atom. The van der Waals surface area contributed by atoms with Crippen molar-refractivity contribution < 1.29 is 9.31 Å². The summed E-state index contributed by atoms with van der Waals surface area (Å²) >= 11 is 4.48. The van der Waals surface area contributed by atoms with E-state index in [0.717, 1.165) is 27.2 Å². The first-order valence-corrected chi connectivity index (χ1v) is 6.55. The summed E-state index contributed by atoms with van der Waals surface area (Å²) in [7, 11) is 0. The molecule has 0 amide bonds. The number of hydrogen-bond acceptors (Lipinski definition) is 3. The van der Waals surface area contributed by atoms with Gasteiger partial charge < -0.3 is 0 Å².